The maximum absolute atomic E-state index is 12.0. The molecule has 1 aliphatic carbocycles. The molecule has 0 saturated heterocycles. The first-order chi connectivity index (χ1) is 11.0. The van der Waals surface area contributed by atoms with Gasteiger partial charge in [-0.1, -0.05) is 19.0 Å². The predicted octanol–water partition coefficient (Wildman–Crippen LogP) is 2.24. The number of nitrogens with zero attached hydrogens (tertiary/aromatic N) is 1. The maximum Gasteiger partial charge on any atom is 0.315 e. The summed E-state index contributed by atoms with van der Waals surface area (Å²) >= 11 is 0. The van der Waals surface area contributed by atoms with Crippen LogP contribution in [0.3, 0.4) is 0 Å². The third kappa shape index (κ3) is 4.46. The van der Waals surface area contributed by atoms with Gasteiger partial charge in [0.15, 0.2) is 0 Å². The monoisotopic (exact) mass is 323 g/mol. The molecule has 0 atom stereocenters. The van der Waals surface area contributed by atoms with Gasteiger partial charge in [-0.15, -0.1) is 0 Å². The summed E-state index contributed by atoms with van der Waals surface area (Å²) < 4.78 is 5.27. The first-order valence-electron chi connectivity index (χ1n) is 8.28. The first kappa shape index (κ1) is 17.3. The average molecular weight is 323 g/mol. The molecular formula is C16H25N3O4. The van der Waals surface area contributed by atoms with Crippen molar-refractivity contribution in [3.05, 3.63) is 17.0 Å². The van der Waals surface area contributed by atoms with Gasteiger partial charge >= 0.3 is 12.0 Å². The standard InChI is InChI=1S/C16H25N3O4/c1-3-13-12(14(4-2)23-19-13)9-17-16(22)18-11-7-5-10(6-8-11)15(20)21/h10-11H,3-9H2,1-2H3,(H,20,21)(H2,17,18,22). The summed E-state index contributed by atoms with van der Waals surface area (Å²) in [6.07, 6.45) is 4.15. The number of carbonyl (C=O) groups excluding carboxylic acids is 1. The third-order valence-electron chi connectivity index (χ3n) is 4.44. The van der Waals surface area contributed by atoms with Crippen LogP contribution in [0.1, 0.15) is 56.5 Å². The average Bonchev–Trinajstić information content (AvgIpc) is 2.95. The van der Waals surface area contributed by atoms with Crippen LogP contribution < -0.4 is 10.6 Å². The zero-order valence-electron chi connectivity index (χ0n) is 13.7. The Kier molecular flexibility index (Phi) is 6.01. The van der Waals surface area contributed by atoms with Crippen molar-refractivity contribution in [2.24, 2.45) is 5.92 Å². The molecule has 1 saturated carbocycles. The zero-order chi connectivity index (χ0) is 16.8. The van der Waals surface area contributed by atoms with Crippen LogP contribution in [-0.2, 0) is 24.2 Å². The van der Waals surface area contributed by atoms with Crippen molar-refractivity contribution >= 4 is 12.0 Å². The van der Waals surface area contributed by atoms with Crippen molar-refractivity contribution in [1.82, 2.24) is 15.8 Å². The number of rotatable bonds is 6. The molecule has 2 amide bonds. The van der Waals surface area contributed by atoms with E-state index >= 15 is 0 Å². The van der Waals surface area contributed by atoms with Gasteiger partial charge in [-0.25, -0.2) is 4.79 Å². The quantitative estimate of drug-likeness (QED) is 0.744. The van der Waals surface area contributed by atoms with E-state index in [0.717, 1.165) is 29.9 Å². The Morgan fingerprint density at radius 2 is 1.91 bits per heavy atom. The highest BCUT2D eigenvalue weighted by Gasteiger charge is 2.26. The number of carboxylic acid groups (broad SMARTS) is 1. The normalized spacial score (nSPS) is 21.0. The summed E-state index contributed by atoms with van der Waals surface area (Å²) in [5.74, 6) is -0.198. The number of aryl methyl sites for hydroxylation is 2. The van der Waals surface area contributed by atoms with Gasteiger partial charge in [-0.3, -0.25) is 4.79 Å². The Hall–Kier alpha value is -2.05. The largest absolute Gasteiger partial charge is 0.481 e. The highest BCUT2D eigenvalue weighted by Crippen LogP contribution is 2.24. The molecular weight excluding hydrogens is 298 g/mol. The van der Waals surface area contributed by atoms with Gasteiger partial charge in [0.25, 0.3) is 0 Å². The van der Waals surface area contributed by atoms with Crippen LogP contribution in [0, 0.1) is 5.92 Å². The molecule has 1 aromatic heterocycles. The van der Waals surface area contributed by atoms with Crippen molar-refractivity contribution in [2.45, 2.75) is 65.0 Å². The smallest absolute Gasteiger partial charge is 0.315 e. The molecule has 0 aliphatic heterocycles. The number of aromatic nitrogens is 1. The summed E-state index contributed by atoms with van der Waals surface area (Å²) in [6.45, 7) is 4.39. The Bertz CT molecular complexity index is 526. The lowest BCUT2D eigenvalue weighted by Crippen LogP contribution is -2.44. The SMILES string of the molecule is CCc1noc(CC)c1CNC(=O)NC1CCC(C(=O)O)CC1. The fraction of sp³-hybridized carbons (Fsp3) is 0.688. The Labute approximate surface area is 135 Å². The molecule has 0 radical (unpaired) electrons. The van der Waals surface area contributed by atoms with Crippen LogP contribution in [0.2, 0.25) is 0 Å². The molecule has 0 bridgehead atoms. The highest BCUT2D eigenvalue weighted by atomic mass is 16.5. The van der Waals surface area contributed by atoms with Crippen LogP contribution >= 0.6 is 0 Å². The van der Waals surface area contributed by atoms with Gasteiger partial charge in [0.05, 0.1) is 11.6 Å². The van der Waals surface area contributed by atoms with Crippen LogP contribution in [-0.4, -0.2) is 28.3 Å². The van der Waals surface area contributed by atoms with Gasteiger partial charge in [0.2, 0.25) is 0 Å². The molecule has 1 aliphatic rings. The van der Waals surface area contributed by atoms with Gasteiger partial charge in [0, 0.05) is 24.6 Å². The second-order valence-electron chi connectivity index (χ2n) is 5.95. The van der Waals surface area contributed by atoms with Crippen LogP contribution in [0.5, 0.6) is 0 Å². The lowest BCUT2D eigenvalue weighted by Gasteiger charge is -2.26. The minimum atomic E-state index is -0.737. The Morgan fingerprint density at radius 1 is 1.22 bits per heavy atom. The van der Waals surface area contributed by atoms with Crippen molar-refractivity contribution in [3.8, 4) is 0 Å². The molecule has 1 fully saturated rings. The third-order valence-corrected chi connectivity index (χ3v) is 4.44. The maximum atomic E-state index is 12.0. The van der Waals surface area contributed by atoms with E-state index in [-0.39, 0.29) is 18.0 Å². The van der Waals surface area contributed by atoms with E-state index in [4.69, 9.17) is 9.63 Å². The summed E-state index contributed by atoms with van der Waals surface area (Å²) in [7, 11) is 0. The summed E-state index contributed by atoms with van der Waals surface area (Å²) in [5, 5.41) is 18.8. The number of urea groups is 1. The van der Waals surface area contributed by atoms with E-state index in [9.17, 15) is 9.59 Å². The molecule has 7 heteroatoms. The number of nitrogens with one attached hydrogen (secondary N) is 2. The van der Waals surface area contributed by atoms with E-state index < -0.39 is 5.97 Å². The summed E-state index contributed by atoms with van der Waals surface area (Å²) in [4.78, 5) is 23.0. The topological polar surface area (TPSA) is 104 Å². The molecule has 2 rings (SSSR count). The molecule has 3 N–H and O–H groups in total. The fourth-order valence-corrected chi connectivity index (χ4v) is 3.03. The van der Waals surface area contributed by atoms with Crippen molar-refractivity contribution < 1.29 is 19.2 Å². The second kappa shape index (κ2) is 7.99. The lowest BCUT2D eigenvalue weighted by atomic mass is 9.86. The van der Waals surface area contributed by atoms with Crippen LogP contribution in [0.15, 0.2) is 4.52 Å². The van der Waals surface area contributed by atoms with Gasteiger partial charge in [0.1, 0.15) is 5.76 Å². The number of hydrogen-bond acceptors (Lipinski definition) is 4. The molecule has 1 aromatic rings. The minimum absolute atomic E-state index is 0.0457. The van der Waals surface area contributed by atoms with Crippen molar-refractivity contribution in [2.75, 3.05) is 0 Å². The van der Waals surface area contributed by atoms with Gasteiger partial charge < -0.3 is 20.3 Å². The minimum Gasteiger partial charge on any atom is -0.481 e. The van der Waals surface area contributed by atoms with Gasteiger partial charge in [-0.05, 0) is 32.1 Å². The van der Waals surface area contributed by atoms with E-state index in [0.29, 0.717) is 32.2 Å². The molecule has 1 heterocycles. The summed E-state index contributed by atoms with van der Waals surface area (Å²) in [6, 6.07) is -0.182. The first-order valence-corrected chi connectivity index (χ1v) is 8.28. The Morgan fingerprint density at radius 3 is 2.48 bits per heavy atom. The second-order valence-corrected chi connectivity index (χ2v) is 5.95. The lowest BCUT2D eigenvalue weighted by molar-refractivity contribution is -0.142. The van der Waals surface area contributed by atoms with Crippen molar-refractivity contribution in [1.29, 1.82) is 0 Å². The molecule has 23 heavy (non-hydrogen) atoms. The zero-order valence-corrected chi connectivity index (χ0v) is 13.7. The van der Waals surface area contributed by atoms with E-state index in [1.165, 1.54) is 0 Å². The molecule has 0 unspecified atom stereocenters. The summed E-state index contributed by atoms with van der Waals surface area (Å²) in [5.41, 5.74) is 1.84. The highest BCUT2D eigenvalue weighted by molar-refractivity contribution is 5.74. The van der Waals surface area contributed by atoms with E-state index in [1.54, 1.807) is 0 Å². The molecule has 0 spiro atoms. The Balaban J connectivity index is 1.80. The number of aliphatic carboxylic acids is 1. The fourth-order valence-electron chi connectivity index (χ4n) is 3.03. The van der Waals surface area contributed by atoms with Crippen LogP contribution in [0.25, 0.3) is 0 Å². The number of carbonyl (C=O) groups is 2. The van der Waals surface area contributed by atoms with E-state index in [2.05, 4.69) is 15.8 Å². The van der Waals surface area contributed by atoms with Gasteiger partial charge in [-0.2, -0.15) is 0 Å². The number of carboxylic acids is 1. The molecule has 128 valence electrons. The van der Waals surface area contributed by atoms with E-state index in [1.807, 2.05) is 13.8 Å². The number of hydrogen-bond donors (Lipinski definition) is 3. The number of amides is 2. The van der Waals surface area contributed by atoms with Crippen LogP contribution in [0.4, 0.5) is 4.79 Å². The van der Waals surface area contributed by atoms with Crippen molar-refractivity contribution in [3.63, 3.8) is 0 Å². The molecule has 7 nitrogen and oxygen atoms in total. The predicted molar refractivity (Wildman–Crippen MR) is 84.0 cm³/mol. The molecule has 0 aromatic carbocycles.